The maximum atomic E-state index is 12.6. The van der Waals surface area contributed by atoms with Crippen molar-refractivity contribution in [3.8, 4) is 0 Å². The second kappa shape index (κ2) is 7.45. The summed E-state index contributed by atoms with van der Waals surface area (Å²) in [6, 6.07) is 3.83. The Morgan fingerprint density at radius 3 is 2.58 bits per heavy atom. The Morgan fingerprint density at radius 2 is 2.00 bits per heavy atom. The number of nitrogens with zero attached hydrogens (tertiary/aromatic N) is 4. The number of aromatic nitrogens is 3. The summed E-state index contributed by atoms with van der Waals surface area (Å²) in [5.74, 6) is -0.617. The number of hydrogen-bond acceptors (Lipinski definition) is 4. The second-order valence-corrected chi connectivity index (χ2v) is 6.44. The van der Waals surface area contributed by atoms with Crippen molar-refractivity contribution in [3.63, 3.8) is 0 Å². The van der Waals surface area contributed by atoms with Gasteiger partial charge in [-0.15, -0.1) is 0 Å². The third kappa shape index (κ3) is 4.21. The van der Waals surface area contributed by atoms with Crippen molar-refractivity contribution in [3.05, 3.63) is 48.8 Å². The fourth-order valence-electron chi connectivity index (χ4n) is 3.29. The van der Waals surface area contributed by atoms with E-state index in [9.17, 15) is 18.0 Å². The van der Waals surface area contributed by atoms with Gasteiger partial charge in [0.2, 0.25) is 5.91 Å². The molecule has 0 atom stereocenters. The Bertz CT molecular complexity index is 710. The van der Waals surface area contributed by atoms with Gasteiger partial charge >= 0.3 is 6.18 Å². The molecule has 1 saturated heterocycles. The highest BCUT2D eigenvalue weighted by atomic mass is 19.4. The van der Waals surface area contributed by atoms with Crippen LogP contribution in [0.2, 0.25) is 0 Å². The van der Waals surface area contributed by atoms with E-state index in [-0.39, 0.29) is 0 Å². The molecule has 26 heavy (non-hydrogen) atoms. The monoisotopic (exact) mass is 367 g/mol. The van der Waals surface area contributed by atoms with Gasteiger partial charge in [0.25, 0.3) is 0 Å². The number of halogens is 3. The summed E-state index contributed by atoms with van der Waals surface area (Å²) in [5, 5.41) is 2.04. The Labute approximate surface area is 149 Å². The molecule has 3 heterocycles. The van der Waals surface area contributed by atoms with Gasteiger partial charge in [-0.05, 0) is 24.5 Å². The minimum absolute atomic E-state index is 0.410. The van der Waals surface area contributed by atoms with Gasteiger partial charge in [-0.1, -0.05) is 6.07 Å². The molecule has 6 nitrogen and oxygen atoms in total. The molecular weight excluding hydrogens is 347 g/mol. The number of alkyl halides is 3. The van der Waals surface area contributed by atoms with Gasteiger partial charge in [0.05, 0.1) is 6.33 Å². The zero-order valence-electron chi connectivity index (χ0n) is 14.1. The van der Waals surface area contributed by atoms with Gasteiger partial charge in [-0.3, -0.25) is 14.7 Å². The van der Waals surface area contributed by atoms with E-state index in [4.69, 9.17) is 0 Å². The zero-order chi connectivity index (χ0) is 18.6. The van der Waals surface area contributed by atoms with Crippen LogP contribution in [0.4, 0.5) is 13.2 Å². The van der Waals surface area contributed by atoms with Crippen molar-refractivity contribution in [1.82, 2.24) is 24.8 Å². The lowest BCUT2D eigenvalue weighted by molar-refractivity contribution is -0.145. The van der Waals surface area contributed by atoms with Crippen molar-refractivity contribution in [2.75, 3.05) is 19.6 Å². The van der Waals surface area contributed by atoms with E-state index < -0.39 is 24.2 Å². The van der Waals surface area contributed by atoms with Crippen LogP contribution in [0, 0.1) is 0 Å². The third-order valence-electron chi connectivity index (χ3n) is 4.68. The lowest BCUT2D eigenvalue weighted by Gasteiger charge is -2.41. The first-order chi connectivity index (χ1) is 12.4. The van der Waals surface area contributed by atoms with Crippen molar-refractivity contribution in [1.29, 1.82) is 0 Å². The highest BCUT2D eigenvalue weighted by Gasteiger charge is 2.44. The molecule has 0 bridgehead atoms. The van der Waals surface area contributed by atoms with E-state index in [2.05, 4.69) is 14.9 Å². The summed E-state index contributed by atoms with van der Waals surface area (Å²) < 4.78 is 39.1. The molecule has 0 aromatic carbocycles. The summed E-state index contributed by atoms with van der Waals surface area (Å²) in [6.45, 7) is 0.540. The quantitative estimate of drug-likeness (QED) is 0.878. The Kier molecular flexibility index (Phi) is 5.26. The number of imidazole rings is 1. The number of nitrogens with one attached hydrogen (secondary N) is 1. The minimum Gasteiger partial charge on any atom is -0.345 e. The molecule has 0 aliphatic carbocycles. The van der Waals surface area contributed by atoms with Crippen LogP contribution in [0.1, 0.15) is 18.4 Å². The third-order valence-corrected chi connectivity index (χ3v) is 4.68. The van der Waals surface area contributed by atoms with Crippen molar-refractivity contribution < 1.29 is 18.0 Å². The Hall–Kier alpha value is -2.42. The SMILES string of the molecule is O=C(NCC(F)(F)F)C1(n2ccnc2)CCN(Cc2cccnc2)CC1. The summed E-state index contributed by atoms with van der Waals surface area (Å²) in [4.78, 5) is 22.9. The number of hydrogen-bond donors (Lipinski definition) is 1. The molecule has 1 fully saturated rings. The number of carbonyl (C=O) groups is 1. The number of likely N-dealkylation sites (tertiary alicyclic amines) is 1. The first-order valence-corrected chi connectivity index (χ1v) is 8.34. The van der Waals surface area contributed by atoms with Gasteiger partial charge < -0.3 is 9.88 Å². The standard InChI is InChI=1S/C17H20F3N5O/c18-17(19,20)12-23-15(26)16(25-9-6-22-13-25)3-7-24(8-4-16)11-14-2-1-5-21-10-14/h1-2,5-6,9-10,13H,3-4,7-8,11-12H2,(H,23,26). The topological polar surface area (TPSA) is 63.1 Å². The zero-order valence-corrected chi connectivity index (χ0v) is 14.1. The van der Waals surface area contributed by atoms with Crippen LogP contribution in [0.25, 0.3) is 0 Å². The molecular formula is C17H20F3N5O. The molecule has 1 N–H and O–H groups in total. The molecule has 0 saturated carbocycles. The van der Waals surface area contributed by atoms with E-state index in [0.29, 0.717) is 32.5 Å². The fraction of sp³-hybridized carbons (Fsp3) is 0.471. The molecule has 1 amide bonds. The van der Waals surface area contributed by atoms with E-state index in [0.717, 1.165) is 5.56 Å². The largest absolute Gasteiger partial charge is 0.405 e. The van der Waals surface area contributed by atoms with Crippen molar-refractivity contribution in [2.45, 2.75) is 31.1 Å². The van der Waals surface area contributed by atoms with Crippen LogP contribution in [-0.2, 0) is 16.9 Å². The van der Waals surface area contributed by atoms with E-state index in [1.165, 1.54) is 12.5 Å². The maximum Gasteiger partial charge on any atom is 0.405 e. The fourth-order valence-corrected chi connectivity index (χ4v) is 3.29. The first kappa shape index (κ1) is 18.4. The van der Waals surface area contributed by atoms with Gasteiger partial charge in [0.1, 0.15) is 12.1 Å². The molecule has 9 heteroatoms. The summed E-state index contributed by atoms with van der Waals surface area (Å²) >= 11 is 0. The number of pyridine rings is 1. The lowest BCUT2D eigenvalue weighted by Crippen LogP contribution is -2.55. The molecule has 0 radical (unpaired) electrons. The Morgan fingerprint density at radius 1 is 1.23 bits per heavy atom. The van der Waals surface area contributed by atoms with Gasteiger partial charge in [0, 0.05) is 44.4 Å². The molecule has 2 aromatic heterocycles. The molecule has 1 aliphatic heterocycles. The van der Waals surface area contributed by atoms with Gasteiger partial charge in [0.15, 0.2) is 0 Å². The highest BCUT2D eigenvalue weighted by molar-refractivity contribution is 5.84. The Balaban J connectivity index is 1.70. The summed E-state index contributed by atoms with van der Waals surface area (Å²) in [5.41, 5.74) is 0.0110. The maximum absolute atomic E-state index is 12.6. The molecule has 140 valence electrons. The van der Waals surface area contributed by atoms with E-state index >= 15 is 0 Å². The van der Waals surface area contributed by atoms with Crippen LogP contribution in [-0.4, -0.2) is 51.2 Å². The smallest absolute Gasteiger partial charge is 0.345 e. The molecule has 0 spiro atoms. The van der Waals surface area contributed by atoms with Crippen LogP contribution >= 0.6 is 0 Å². The number of rotatable bonds is 5. The van der Waals surface area contributed by atoms with Crippen LogP contribution < -0.4 is 5.32 Å². The first-order valence-electron chi connectivity index (χ1n) is 8.34. The average Bonchev–Trinajstić information content (AvgIpc) is 3.16. The van der Waals surface area contributed by atoms with E-state index in [1.807, 2.05) is 17.4 Å². The number of piperidine rings is 1. The lowest BCUT2D eigenvalue weighted by atomic mass is 9.86. The van der Waals surface area contributed by atoms with Crippen molar-refractivity contribution in [2.24, 2.45) is 0 Å². The number of carbonyl (C=O) groups excluding carboxylic acids is 1. The normalized spacial score (nSPS) is 17.8. The highest BCUT2D eigenvalue weighted by Crippen LogP contribution is 2.31. The molecule has 2 aromatic rings. The summed E-state index contributed by atoms with van der Waals surface area (Å²) in [7, 11) is 0. The molecule has 1 aliphatic rings. The molecule has 0 unspecified atom stereocenters. The van der Waals surface area contributed by atoms with Gasteiger partial charge in [-0.2, -0.15) is 13.2 Å². The van der Waals surface area contributed by atoms with Crippen molar-refractivity contribution >= 4 is 5.91 Å². The average molecular weight is 367 g/mol. The van der Waals surface area contributed by atoms with Gasteiger partial charge in [-0.25, -0.2) is 4.98 Å². The number of amides is 1. The molecule has 3 rings (SSSR count). The predicted molar refractivity (Wildman–Crippen MR) is 88.0 cm³/mol. The second-order valence-electron chi connectivity index (χ2n) is 6.44. The summed E-state index contributed by atoms with van der Waals surface area (Å²) in [6.07, 6.45) is 4.52. The predicted octanol–water partition coefficient (Wildman–Crippen LogP) is 1.95. The van der Waals surface area contributed by atoms with Crippen LogP contribution in [0.15, 0.2) is 43.2 Å². The van der Waals surface area contributed by atoms with Crippen LogP contribution in [0.5, 0.6) is 0 Å². The van der Waals surface area contributed by atoms with Crippen LogP contribution in [0.3, 0.4) is 0 Å². The van der Waals surface area contributed by atoms with E-state index in [1.54, 1.807) is 23.2 Å². The minimum atomic E-state index is -4.44.